The molecule has 1 saturated heterocycles. The van der Waals surface area contributed by atoms with Gasteiger partial charge in [0.25, 0.3) is 0 Å². The fourth-order valence-electron chi connectivity index (χ4n) is 1.20. The predicted molar refractivity (Wildman–Crippen MR) is 44.0 cm³/mol. The van der Waals surface area contributed by atoms with Gasteiger partial charge in [-0.3, -0.25) is 0 Å². The molecular weight excluding hydrogens is 137 g/mol. The van der Waals surface area contributed by atoms with Crippen molar-refractivity contribution < 1.29 is 4.65 Å². The van der Waals surface area contributed by atoms with Gasteiger partial charge in [-0.25, -0.2) is 0 Å². The molecule has 1 fully saturated rings. The lowest BCUT2D eigenvalue weighted by Gasteiger charge is -2.07. The van der Waals surface area contributed by atoms with E-state index in [9.17, 15) is 0 Å². The number of rotatable bonds is 1. The molecule has 1 aromatic carbocycles. The topological polar surface area (TPSA) is 21.3 Å². The average molecular weight is 146 g/mol. The highest BCUT2D eigenvalue weighted by molar-refractivity contribution is 6.24. The second-order valence-corrected chi connectivity index (χ2v) is 2.58. The first-order chi connectivity index (χ1) is 5.47. The van der Waals surface area contributed by atoms with E-state index < -0.39 is 0 Å². The lowest BCUT2D eigenvalue weighted by atomic mass is 10.1. The fraction of sp³-hybridized carbons (Fsp3) is 0.250. The minimum Gasteiger partial charge on any atom is -0.422 e. The van der Waals surface area contributed by atoms with Crippen molar-refractivity contribution in [3.05, 3.63) is 35.9 Å². The number of nitrogens with one attached hydrogen (secondary N) is 1. The van der Waals surface area contributed by atoms with E-state index in [1.807, 2.05) is 18.2 Å². The molecule has 1 aromatic rings. The van der Waals surface area contributed by atoms with Gasteiger partial charge in [0.1, 0.15) is 0 Å². The maximum Gasteiger partial charge on any atom is 0.396 e. The summed E-state index contributed by atoms with van der Waals surface area (Å²) in [6.45, 7) is 0.740. The summed E-state index contributed by atoms with van der Waals surface area (Å²) in [5, 5.41) is 3.13. The van der Waals surface area contributed by atoms with Gasteiger partial charge in [0.15, 0.2) is 0 Å². The summed E-state index contributed by atoms with van der Waals surface area (Å²) < 4.78 is 5.08. The van der Waals surface area contributed by atoms with Crippen LogP contribution < -0.4 is 5.23 Å². The Morgan fingerprint density at radius 3 is 2.82 bits per heavy atom. The molecule has 0 amide bonds. The van der Waals surface area contributed by atoms with Gasteiger partial charge in [0.05, 0.1) is 0 Å². The van der Waals surface area contributed by atoms with E-state index in [1.54, 1.807) is 7.62 Å². The Bertz CT molecular complexity index is 221. The normalized spacial score (nSPS) is 23.1. The summed E-state index contributed by atoms with van der Waals surface area (Å²) >= 11 is 0. The molecule has 0 aliphatic carbocycles. The van der Waals surface area contributed by atoms with Crippen LogP contribution in [-0.4, -0.2) is 14.2 Å². The monoisotopic (exact) mass is 146 g/mol. The Kier molecular flexibility index (Phi) is 1.92. The van der Waals surface area contributed by atoms with E-state index in [0.717, 1.165) is 6.61 Å². The van der Waals surface area contributed by atoms with Crippen LogP contribution in [0.5, 0.6) is 0 Å². The van der Waals surface area contributed by atoms with Crippen LogP contribution in [0.2, 0.25) is 0 Å². The summed E-state index contributed by atoms with van der Waals surface area (Å²) in [6.07, 6.45) is 0. The van der Waals surface area contributed by atoms with E-state index >= 15 is 0 Å². The lowest BCUT2D eigenvalue weighted by molar-refractivity contribution is 0.352. The Morgan fingerprint density at radius 2 is 2.18 bits per heavy atom. The third-order valence-electron chi connectivity index (χ3n) is 1.82. The van der Waals surface area contributed by atoms with Crippen LogP contribution in [0, 0.1) is 0 Å². The summed E-state index contributed by atoms with van der Waals surface area (Å²) in [5.74, 6) is 0. The van der Waals surface area contributed by atoms with Gasteiger partial charge in [-0.15, -0.1) is 0 Å². The van der Waals surface area contributed by atoms with Gasteiger partial charge < -0.3 is 9.88 Å². The SMILES string of the molecule is [B]1N[C@H](c2ccccc2)CO1. The van der Waals surface area contributed by atoms with Gasteiger partial charge in [-0.05, 0) is 5.56 Å². The second-order valence-electron chi connectivity index (χ2n) is 2.58. The van der Waals surface area contributed by atoms with Crippen LogP contribution in [0.15, 0.2) is 30.3 Å². The van der Waals surface area contributed by atoms with E-state index in [0.29, 0.717) is 6.04 Å². The first-order valence-corrected chi connectivity index (χ1v) is 3.71. The lowest BCUT2D eigenvalue weighted by Crippen LogP contribution is -2.16. The van der Waals surface area contributed by atoms with Crippen LogP contribution in [0.3, 0.4) is 0 Å². The van der Waals surface area contributed by atoms with Gasteiger partial charge in [0.2, 0.25) is 0 Å². The molecule has 0 bridgehead atoms. The van der Waals surface area contributed by atoms with E-state index in [1.165, 1.54) is 5.56 Å². The molecule has 1 atom stereocenters. The molecular formula is C8H9BNO. The van der Waals surface area contributed by atoms with E-state index in [-0.39, 0.29) is 0 Å². The zero-order valence-electron chi connectivity index (χ0n) is 6.16. The first-order valence-electron chi connectivity index (χ1n) is 3.71. The standard InChI is InChI=1S/C8H9BNO/c1-2-4-7(5-3-1)8-6-11-9-10-8/h1-5,8,10H,6H2/t8-/m0/s1. The van der Waals surface area contributed by atoms with Crippen LogP contribution in [-0.2, 0) is 4.65 Å². The van der Waals surface area contributed by atoms with Crippen molar-refractivity contribution in [2.24, 2.45) is 0 Å². The number of hydrogen-bond acceptors (Lipinski definition) is 2. The molecule has 1 radical (unpaired) electrons. The zero-order chi connectivity index (χ0) is 7.52. The van der Waals surface area contributed by atoms with Crippen LogP contribution >= 0.6 is 0 Å². The Morgan fingerprint density at radius 1 is 1.36 bits per heavy atom. The maximum absolute atomic E-state index is 5.08. The molecule has 55 valence electrons. The predicted octanol–water partition coefficient (Wildman–Crippen LogP) is 0.882. The first kappa shape index (κ1) is 6.89. The molecule has 0 spiro atoms. The van der Waals surface area contributed by atoms with Crippen molar-refractivity contribution in [2.45, 2.75) is 6.04 Å². The molecule has 1 N–H and O–H groups in total. The molecule has 2 nitrogen and oxygen atoms in total. The van der Waals surface area contributed by atoms with Crippen molar-refractivity contribution in [1.82, 2.24) is 5.23 Å². The summed E-state index contributed by atoms with van der Waals surface area (Å²) in [6, 6.07) is 10.6. The fourth-order valence-corrected chi connectivity index (χ4v) is 1.20. The molecule has 0 saturated carbocycles. The van der Waals surface area contributed by atoms with Crippen molar-refractivity contribution in [3.8, 4) is 0 Å². The Balaban J connectivity index is 2.16. The minimum atomic E-state index is 0.344. The molecule has 2 rings (SSSR count). The maximum atomic E-state index is 5.08. The van der Waals surface area contributed by atoms with Gasteiger partial charge in [-0.2, -0.15) is 0 Å². The zero-order valence-corrected chi connectivity index (χ0v) is 6.16. The van der Waals surface area contributed by atoms with Crippen molar-refractivity contribution in [3.63, 3.8) is 0 Å². The number of benzene rings is 1. The summed E-state index contributed by atoms with van der Waals surface area (Å²) in [5.41, 5.74) is 1.28. The summed E-state index contributed by atoms with van der Waals surface area (Å²) in [4.78, 5) is 0. The molecule has 0 unspecified atom stereocenters. The van der Waals surface area contributed by atoms with Crippen LogP contribution in [0.1, 0.15) is 11.6 Å². The highest BCUT2D eigenvalue weighted by atomic mass is 16.4. The molecule has 3 heteroatoms. The average Bonchev–Trinajstić information content (AvgIpc) is 2.58. The smallest absolute Gasteiger partial charge is 0.396 e. The van der Waals surface area contributed by atoms with Crippen LogP contribution in [0.4, 0.5) is 0 Å². The highest BCUT2D eigenvalue weighted by Crippen LogP contribution is 2.14. The largest absolute Gasteiger partial charge is 0.422 e. The van der Waals surface area contributed by atoms with Crippen molar-refractivity contribution in [2.75, 3.05) is 6.61 Å². The van der Waals surface area contributed by atoms with Gasteiger partial charge in [-0.1, -0.05) is 30.3 Å². The van der Waals surface area contributed by atoms with E-state index in [4.69, 9.17) is 4.65 Å². The van der Waals surface area contributed by atoms with Crippen molar-refractivity contribution >= 4 is 7.62 Å². The number of hydrogen-bond donors (Lipinski definition) is 1. The van der Waals surface area contributed by atoms with Gasteiger partial charge in [0, 0.05) is 12.6 Å². The Labute approximate surface area is 66.9 Å². The quantitative estimate of drug-likeness (QED) is 0.593. The molecule has 0 aromatic heterocycles. The molecule has 1 aliphatic rings. The summed E-state index contributed by atoms with van der Waals surface area (Å²) in [7, 11) is 1.65. The third-order valence-corrected chi connectivity index (χ3v) is 1.82. The van der Waals surface area contributed by atoms with Crippen LogP contribution in [0.25, 0.3) is 0 Å². The van der Waals surface area contributed by atoms with Crippen molar-refractivity contribution in [1.29, 1.82) is 0 Å². The van der Waals surface area contributed by atoms with E-state index in [2.05, 4.69) is 17.4 Å². The second kappa shape index (κ2) is 3.07. The van der Waals surface area contributed by atoms with Gasteiger partial charge >= 0.3 is 7.62 Å². The molecule has 1 heterocycles. The molecule has 1 aliphatic heterocycles. The minimum absolute atomic E-state index is 0.344. The Hall–Kier alpha value is -0.795. The molecule has 11 heavy (non-hydrogen) atoms. The highest BCUT2D eigenvalue weighted by Gasteiger charge is 2.17. The third kappa shape index (κ3) is 1.44.